The Bertz CT molecular complexity index is 1240. The standard InChI is InChI=1S/C23H25N7O/c1-16-4-6-17(7-5-16)18-8-9-20-22(24-26-30(20)14-18)21-15-29(13-12-27(21)2)23(31)19-10-11-28(3)25-19/h4-11,14,21H,12-13,15H2,1-3H3/t21-/m1/s1. The van der Waals surface area contributed by atoms with Crippen molar-refractivity contribution in [2.75, 3.05) is 26.7 Å². The van der Waals surface area contributed by atoms with E-state index in [1.54, 1.807) is 16.9 Å². The van der Waals surface area contributed by atoms with Gasteiger partial charge in [0, 0.05) is 44.6 Å². The number of fused-ring (bicyclic) bond motifs is 1. The van der Waals surface area contributed by atoms with Crippen LogP contribution in [0.2, 0.25) is 0 Å². The van der Waals surface area contributed by atoms with Crippen LogP contribution in [-0.2, 0) is 7.05 Å². The van der Waals surface area contributed by atoms with Gasteiger partial charge in [0.15, 0.2) is 0 Å². The number of pyridine rings is 1. The van der Waals surface area contributed by atoms with Gasteiger partial charge in [0.05, 0.1) is 11.6 Å². The maximum atomic E-state index is 12.9. The van der Waals surface area contributed by atoms with Crippen LogP contribution in [0.15, 0.2) is 54.9 Å². The first-order chi connectivity index (χ1) is 15.0. The molecule has 158 valence electrons. The SMILES string of the molecule is Cc1ccc(-c2ccc3c([C@H]4CN(C(=O)c5ccn(C)n5)CCN4C)nnn3c2)cc1. The van der Waals surface area contributed by atoms with Gasteiger partial charge in [-0.1, -0.05) is 41.1 Å². The monoisotopic (exact) mass is 415 g/mol. The van der Waals surface area contributed by atoms with E-state index in [1.165, 1.54) is 5.56 Å². The Balaban J connectivity index is 1.43. The molecule has 3 aromatic heterocycles. The molecule has 8 heteroatoms. The summed E-state index contributed by atoms with van der Waals surface area (Å²) in [6.07, 6.45) is 3.80. The van der Waals surface area contributed by atoms with Gasteiger partial charge in [0.2, 0.25) is 0 Å². The van der Waals surface area contributed by atoms with Crippen LogP contribution in [0, 0.1) is 6.92 Å². The second-order valence-electron chi connectivity index (χ2n) is 8.21. The molecule has 1 saturated heterocycles. The molecule has 4 heterocycles. The van der Waals surface area contributed by atoms with Crippen LogP contribution in [0.3, 0.4) is 0 Å². The molecule has 0 unspecified atom stereocenters. The summed E-state index contributed by atoms with van der Waals surface area (Å²) in [7, 11) is 3.89. The lowest BCUT2D eigenvalue weighted by Gasteiger charge is -2.38. The van der Waals surface area contributed by atoms with Crippen LogP contribution >= 0.6 is 0 Å². The topological polar surface area (TPSA) is 71.6 Å². The Labute approximate surface area is 180 Å². The van der Waals surface area contributed by atoms with Crippen molar-refractivity contribution in [3.05, 3.63) is 71.8 Å². The molecule has 0 radical (unpaired) electrons. The third kappa shape index (κ3) is 3.59. The molecule has 0 saturated carbocycles. The lowest BCUT2D eigenvalue weighted by atomic mass is 10.0. The van der Waals surface area contributed by atoms with E-state index in [1.807, 2.05) is 22.7 Å². The third-order valence-electron chi connectivity index (χ3n) is 6.01. The summed E-state index contributed by atoms with van der Waals surface area (Å²) in [6.45, 7) is 4.07. The third-order valence-corrected chi connectivity index (χ3v) is 6.01. The van der Waals surface area contributed by atoms with Gasteiger partial charge in [-0.25, -0.2) is 4.52 Å². The molecule has 4 aromatic rings. The summed E-state index contributed by atoms with van der Waals surface area (Å²) < 4.78 is 3.48. The molecule has 1 aliphatic heterocycles. The fraction of sp³-hybridized carbons (Fsp3) is 0.304. The van der Waals surface area contributed by atoms with Gasteiger partial charge >= 0.3 is 0 Å². The molecule has 31 heavy (non-hydrogen) atoms. The molecular formula is C23H25N7O. The zero-order valence-corrected chi connectivity index (χ0v) is 17.9. The molecule has 1 fully saturated rings. The number of piperazine rings is 1. The molecule has 1 atom stereocenters. The number of benzene rings is 1. The summed E-state index contributed by atoms with van der Waals surface area (Å²) in [5, 5.41) is 13.2. The molecule has 0 bridgehead atoms. The first-order valence-corrected chi connectivity index (χ1v) is 10.4. The molecule has 0 aliphatic carbocycles. The van der Waals surface area contributed by atoms with E-state index in [2.05, 4.69) is 70.7 Å². The average Bonchev–Trinajstić information content (AvgIpc) is 3.40. The number of hydrogen-bond donors (Lipinski definition) is 0. The van der Waals surface area contributed by atoms with Gasteiger partial charge in [0.25, 0.3) is 5.91 Å². The van der Waals surface area contributed by atoms with E-state index in [0.29, 0.717) is 18.8 Å². The molecule has 1 amide bonds. The molecule has 1 aliphatic rings. The van der Waals surface area contributed by atoms with Crippen molar-refractivity contribution in [2.24, 2.45) is 7.05 Å². The molecule has 0 spiro atoms. The Morgan fingerprint density at radius 3 is 2.52 bits per heavy atom. The highest BCUT2D eigenvalue weighted by Gasteiger charge is 2.32. The van der Waals surface area contributed by atoms with E-state index < -0.39 is 0 Å². The van der Waals surface area contributed by atoms with E-state index in [-0.39, 0.29) is 11.9 Å². The predicted octanol–water partition coefficient (Wildman–Crippen LogP) is 2.57. The largest absolute Gasteiger partial charge is 0.334 e. The summed E-state index contributed by atoms with van der Waals surface area (Å²) in [4.78, 5) is 17.0. The molecule has 1 aromatic carbocycles. The number of carbonyl (C=O) groups excluding carboxylic acids is 1. The second-order valence-corrected chi connectivity index (χ2v) is 8.21. The lowest BCUT2D eigenvalue weighted by molar-refractivity contribution is 0.0535. The van der Waals surface area contributed by atoms with Gasteiger partial charge in [0.1, 0.15) is 11.4 Å². The minimum atomic E-state index is -0.0446. The van der Waals surface area contributed by atoms with E-state index in [0.717, 1.165) is 28.9 Å². The molecule has 0 N–H and O–H groups in total. The number of likely N-dealkylation sites (N-methyl/N-ethyl adjacent to an activating group) is 1. The van der Waals surface area contributed by atoms with Gasteiger partial charge < -0.3 is 4.90 Å². The summed E-state index contributed by atoms with van der Waals surface area (Å²) >= 11 is 0. The fourth-order valence-corrected chi connectivity index (χ4v) is 4.11. The Morgan fingerprint density at radius 1 is 1.00 bits per heavy atom. The Morgan fingerprint density at radius 2 is 1.77 bits per heavy atom. The number of carbonyl (C=O) groups is 1. The van der Waals surface area contributed by atoms with E-state index in [4.69, 9.17) is 0 Å². The van der Waals surface area contributed by atoms with Crippen molar-refractivity contribution in [2.45, 2.75) is 13.0 Å². The smallest absolute Gasteiger partial charge is 0.274 e. The normalized spacial score (nSPS) is 17.4. The fourth-order valence-electron chi connectivity index (χ4n) is 4.11. The van der Waals surface area contributed by atoms with Gasteiger partial charge in [-0.3, -0.25) is 14.4 Å². The maximum absolute atomic E-state index is 12.9. The minimum absolute atomic E-state index is 0.0239. The highest BCUT2D eigenvalue weighted by molar-refractivity contribution is 5.92. The van der Waals surface area contributed by atoms with Crippen LogP contribution in [-0.4, -0.2) is 67.0 Å². The number of nitrogens with zero attached hydrogens (tertiary/aromatic N) is 7. The quantitative estimate of drug-likeness (QED) is 0.514. The van der Waals surface area contributed by atoms with Crippen LogP contribution in [0.4, 0.5) is 0 Å². The van der Waals surface area contributed by atoms with Crippen LogP contribution in [0.5, 0.6) is 0 Å². The minimum Gasteiger partial charge on any atom is -0.334 e. The summed E-state index contributed by atoms with van der Waals surface area (Å²) in [5.41, 5.74) is 5.79. The molecule has 5 rings (SSSR count). The van der Waals surface area contributed by atoms with Crippen molar-refractivity contribution < 1.29 is 4.79 Å². The number of aromatic nitrogens is 5. The zero-order chi connectivity index (χ0) is 21.5. The van der Waals surface area contributed by atoms with Crippen LogP contribution in [0.1, 0.15) is 27.8 Å². The number of hydrogen-bond acceptors (Lipinski definition) is 5. The van der Waals surface area contributed by atoms with Crippen LogP contribution < -0.4 is 0 Å². The van der Waals surface area contributed by atoms with E-state index in [9.17, 15) is 4.79 Å². The van der Waals surface area contributed by atoms with Crippen molar-refractivity contribution in [1.82, 2.24) is 34.4 Å². The average molecular weight is 416 g/mol. The van der Waals surface area contributed by atoms with Crippen LogP contribution in [0.25, 0.3) is 16.6 Å². The predicted molar refractivity (Wildman–Crippen MR) is 118 cm³/mol. The Hall–Kier alpha value is -3.52. The second kappa shape index (κ2) is 7.63. The summed E-state index contributed by atoms with van der Waals surface area (Å²) in [5.74, 6) is -0.0446. The lowest BCUT2D eigenvalue weighted by Crippen LogP contribution is -2.49. The number of amides is 1. The van der Waals surface area contributed by atoms with E-state index >= 15 is 0 Å². The highest BCUT2D eigenvalue weighted by Crippen LogP contribution is 2.28. The first-order valence-electron chi connectivity index (χ1n) is 10.4. The van der Waals surface area contributed by atoms with Crippen molar-refractivity contribution >= 4 is 11.4 Å². The van der Waals surface area contributed by atoms with Crippen molar-refractivity contribution in [3.63, 3.8) is 0 Å². The number of aryl methyl sites for hydroxylation is 2. The van der Waals surface area contributed by atoms with Gasteiger partial charge in [-0.2, -0.15) is 5.10 Å². The molecule has 8 nitrogen and oxygen atoms in total. The van der Waals surface area contributed by atoms with Crippen molar-refractivity contribution in [1.29, 1.82) is 0 Å². The zero-order valence-electron chi connectivity index (χ0n) is 17.9. The highest BCUT2D eigenvalue weighted by atomic mass is 16.2. The van der Waals surface area contributed by atoms with Gasteiger partial charge in [-0.05, 0) is 31.7 Å². The number of rotatable bonds is 3. The van der Waals surface area contributed by atoms with Gasteiger partial charge in [-0.15, -0.1) is 5.10 Å². The first kappa shape index (κ1) is 19.4. The molecular weight excluding hydrogens is 390 g/mol. The maximum Gasteiger partial charge on any atom is 0.274 e. The Kier molecular flexibility index (Phi) is 4.78. The van der Waals surface area contributed by atoms with Crippen molar-refractivity contribution in [3.8, 4) is 11.1 Å². The summed E-state index contributed by atoms with van der Waals surface area (Å²) in [6, 6.07) is 14.4.